The van der Waals surface area contributed by atoms with Crippen LogP contribution in [0.3, 0.4) is 0 Å². The summed E-state index contributed by atoms with van der Waals surface area (Å²) in [5.74, 6) is -0.750. The van der Waals surface area contributed by atoms with E-state index in [1.807, 2.05) is 18.7 Å². The van der Waals surface area contributed by atoms with Gasteiger partial charge in [0.15, 0.2) is 0 Å². The number of carboxylic acid groups (broad SMARTS) is 1. The second-order valence-corrected chi connectivity index (χ2v) is 3.91. The Morgan fingerprint density at radius 1 is 1.62 bits per heavy atom. The van der Waals surface area contributed by atoms with Gasteiger partial charge in [0.05, 0.1) is 19.3 Å². The predicted octanol–water partition coefficient (Wildman–Crippen LogP) is 0.587. The molecule has 0 spiro atoms. The summed E-state index contributed by atoms with van der Waals surface area (Å²) in [7, 11) is 0. The lowest BCUT2D eigenvalue weighted by molar-refractivity contribution is -0.148. The molecule has 0 aromatic heterocycles. The number of hydrogen-bond acceptors (Lipinski definition) is 4. The highest BCUT2D eigenvalue weighted by Crippen LogP contribution is 2.12. The molecule has 1 fully saturated rings. The van der Waals surface area contributed by atoms with E-state index < -0.39 is 12.0 Å². The molecule has 1 rings (SSSR count). The third kappa shape index (κ3) is 3.73. The topological polar surface area (TPSA) is 59.0 Å². The van der Waals surface area contributed by atoms with Gasteiger partial charge < -0.3 is 14.6 Å². The molecular weight excluding hydrogens is 210 g/mol. The number of carbonyl (C=O) groups is 1. The van der Waals surface area contributed by atoms with Gasteiger partial charge in [-0.2, -0.15) is 0 Å². The number of rotatable bonds is 6. The Hall–Kier alpha value is -0.650. The maximum atomic E-state index is 11.0. The highest BCUT2D eigenvalue weighted by Gasteiger charge is 2.29. The Morgan fingerprint density at radius 2 is 2.38 bits per heavy atom. The van der Waals surface area contributed by atoms with Crippen molar-refractivity contribution in [2.75, 3.05) is 32.9 Å². The van der Waals surface area contributed by atoms with Crippen molar-refractivity contribution in [3.8, 4) is 0 Å². The molecule has 1 N–H and O–H groups in total. The highest BCUT2D eigenvalue weighted by molar-refractivity contribution is 5.73. The molecule has 5 heteroatoms. The van der Waals surface area contributed by atoms with Crippen molar-refractivity contribution in [3.05, 3.63) is 0 Å². The first kappa shape index (κ1) is 13.4. The van der Waals surface area contributed by atoms with Gasteiger partial charge in [0, 0.05) is 19.7 Å². The van der Waals surface area contributed by atoms with Crippen molar-refractivity contribution in [2.45, 2.75) is 32.4 Å². The summed E-state index contributed by atoms with van der Waals surface area (Å²) in [5.41, 5.74) is 0. The van der Waals surface area contributed by atoms with E-state index in [-0.39, 0.29) is 6.10 Å². The molecule has 1 saturated heterocycles. The molecule has 0 radical (unpaired) electrons. The Bertz CT molecular complexity index is 222. The van der Waals surface area contributed by atoms with Gasteiger partial charge >= 0.3 is 5.97 Å². The van der Waals surface area contributed by atoms with Gasteiger partial charge in [-0.05, 0) is 13.3 Å². The lowest BCUT2D eigenvalue weighted by Gasteiger charge is -2.35. The van der Waals surface area contributed by atoms with Crippen LogP contribution in [0.4, 0.5) is 0 Å². The minimum absolute atomic E-state index is 0.00194. The number of carboxylic acids is 1. The SMILES string of the molecule is CCOCC1CN(C(CC)C(=O)O)CCO1. The van der Waals surface area contributed by atoms with Gasteiger partial charge in [-0.25, -0.2) is 0 Å². The Kier molecular flexibility index (Phi) is 5.73. The van der Waals surface area contributed by atoms with E-state index in [2.05, 4.69) is 0 Å². The maximum absolute atomic E-state index is 11.0. The standard InChI is InChI=1S/C11H21NO4/c1-3-10(11(13)14)12-5-6-16-9(7-12)8-15-4-2/h9-10H,3-8H2,1-2H3,(H,13,14). The van der Waals surface area contributed by atoms with Crippen LogP contribution in [-0.2, 0) is 14.3 Å². The molecule has 5 nitrogen and oxygen atoms in total. The molecule has 1 heterocycles. The molecule has 1 aliphatic heterocycles. The molecule has 1 aliphatic rings. The fraction of sp³-hybridized carbons (Fsp3) is 0.909. The Labute approximate surface area is 96.3 Å². The fourth-order valence-corrected chi connectivity index (χ4v) is 1.96. The van der Waals surface area contributed by atoms with Crippen molar-refractivity contribution in [2.24, 2.45) is 0 Å². The van der Waals surface area contributed by atoms with Crippen LogP contribution in [0.2, 0.25) is 0 Å². The first-order valence-corrected chi connectivity index (χ1v) is 5.85. The molecular formula is C11H21NO4. The summed E-state index contributed by atoms with van der Waals surface area (Å²) >= 11 is 0. The monoisotopic (exact) mass is 231 g/mol. The largest absolute Gasteiger partial charge is 0.480 e. The first-order valence-electron chi connectivity index (χ1n) is 5.85. The summed E-state index contributed by atoms with van der Waals surface area (Å²) in [6, 6.07) is -0.395. The van der Waals surface area contributed by atoms with E-state index in [9.17, 15) is 4.79 Å². The Morgan fingerprint density at radius 3 is 2.94 bits per heavy atom. The Balaban J connectivity index is 2.45. The van der Waals surface area contributed by atoms with Gasteiger partial charge in [-0.1, -0.05) is 6.92 Å². The maximum Gasteiger partial charge on any atom is 0.320 e. The lowest BCUT2D eigenvalue weighted by Crippen LogP contribution is -2.51. The number of hydrogen-bond donors (Lipinski definition) is 1. The van der Waals surface area contributed by atoms with Gasteiger partial charge in [-0.15, -0.1) is 0 Å². The van der Waals surface area contributed by atoms with E-state index >= 15 is 0 Å². The molecule has 0 bridgehead atoms. The average Bonchev–Trinajstić information content (AvgIpc) is 2.27. The van der Waals surface area contributed by atoms with Crippen LogP contribution in [0.1, 0.15) is 20.3 Å². The van der Waals surface area contributed by atoms with E-state index in [0.717, 1.165) is 0 Å². The van der Waals surface area contributed by atoms with E-state index in [1.54, 1.807) is 0 Å². The van der Waals surface area contributed by atoms with Gasteiger partial charge in [-0.3, -0.25) is 9.69 Å². The normalized spacial score (nSPS) is 24.2. The summed E-state index contributed by atoms with van der Waals surface area (Å²) < 4.78 is 10.8. The molecule has 2 unspecified atom stereocenters. The second-order valence-electron chi connectivity index (χ2n) is 3.91. The first-order chi connectivity index (χ1) is 7.69. The molecule has 94 valence electrons. The molecule has 16 heavy (non-hydrogen) atoms. The van der Waals surface area contributed by atoms with Crippen LogP contribution >= 0.6 is 0 Å². The third-order valence-corrected chi connectivity index (χ3v) is 2.79. The van der Waals surface area contributed by atoms with Crippen LogP contribution in [0.15, 0.2) is 0 Å². The molecule has 0 aliphatic carbocycles. The van der Waals surface area contributed by atoms with E-state index in [4.69, 9.17) is 14.6 Å². The zero-order chi connectivity index (χ0) is 12.0. The summed E-state index contributed by atoms with van der Waals surface area (Å²) in [4.78, 5) is 13.0. The number of nitrogens with zero attached hydrogens (tertiary/aromatic N) is 1. The average molecular weight is 231 g/mol. The third-order valence-electron chi connectivity index (χ3n) is 2.79. The zero-order valence-corrected chi connectivity index (χ0v) is 10.0. The van der Waals surface area contributed by atoms with Crippen LogP contribution < -0.4 is 0 Å². The van der Waals surface area contributed by atoms with E-state index in [0.29, 0.717) is 39.3 Å². The van der Waals surface area contributed by atoms with Gasteiger partial charge in [0.25, 0.3) is 0 Å². The van der Waals surface area contributed by atoms with Crippen molar-refractivity contribution in [1.29, 1.82) is 0 Å². The molecule has 0 saturated carbocycles. The van der Waals surface area contributed by atoms with Crippen molar-refractivity contribution >= 4 is 5.97 Å². The smallest absolute Gasteiger partial charge is 0.320 e. The quantitative estimate of drug-likeness (QED) is 0.725. The lowest BCUT2D eigenvalue weighted by atomic mass is 10.1. The summed E-state index contributed by atoms with van der Waals surface area (Å²) in [6.07, 6.45) is 0.624. The number of aliphatic carboxylic acids is 1. The van der Waals surface area contributed by atoms with Crippen molar-refractivity contribution < 1.29 is 19.4 Å². The highest BCUT2D eigenvalue weighted by atomic mass is 16.5. The molecule has 2 atom stereocenters. The van der Waals surface area contributed by atoms with Gasteiger partial charge in [0.2, 0.25) is 0 Å². The molecule has 0 aromatic rings. The van der Waals surface area contributed by atoms with Crippen molar-refractivity contribution in [1.82, 2.24) is 4.90 Å². The van der Waals surface area contributed by atoms with Crippen LogP contribution in [0, 0.1) is 0 Å². The second kappa shape index (κ2) is 6.83. The van der Waals surface area contributed by atoms with Crippen molar-refractivity contribution in [3.63, 3.8) is 0 Å². The van der Waals surface area contributed by atoms with Crippen LogP contribution in [0.5, 0.6) is 0 Å². The van der Waals surface area contributed by atoms with Gasteiger partial charge in [0.1, 0.15) is 6.04 Å². The summed E-state index contributed by atoms with van der Waals surface area (Å²) in [6.45, 7) is 6.96. The minimum atomic E-state index is -0.750. The zero-order valence-electron chi connectivity index (χ0n) is 10.0. The fourth-order valence-electron chi connectivity index (χ4n) is 1.96. The molecule has 0 aromatic carbocycles. The van der Waals surface area contributed by atoms with Crippen LogP contribution in [-0.4, -0.2) is 61.0 Å². The minimum Gasteiger partial charge on any atom is -0.480 e. The number of morpholine rings is 1. The van der Waals surface area contributed by atoms with Crippen LogP contribution in [0.25, 0.3) is 0 Å². The molecule has 0 amide bonds. The number of ether oxygens (including phenoxy) is 2. The van der Waals surface area contributed by atoms with E-state index in [1.165, 1.54) is 0 Å². The predicted molar refractivity (Wildman–Crippen MR) is 59.5 cm³/mol. The summed E-state index contributed by atoms with van der Waals surface area (Å²) in [5, 5.41) is 9.07.